The molecule has 6 heteroatoms. The van der Waals surface area contributed by atoms with Crippen molar-refractivity contribution in [3.63, 3.8) is 0 Å². The van der Waals surface area contributed by atoms with Crippen LogP contribution >= 0.6 is 0 Å². The highest BCUT2D eigenvalue weighted by atomic mass is 32.2. The van der Waals surface area contributed by atoms with Crippen molar-refractivity contribution in [3.05, 3.63) is 84.4 Å². The first-order valence-electron chi connectivity index (χ1n) is 10.3. The third-order valence-electron chi connectivity index (χ3n) is 5.16. The standard InChI is InChI=1S/C25H27NO4S/c1-25(2,3)19-9-15-24(16-10-19)31(27,28)26(20-7-5-4-6-8-20)21-11-13-22(14-12-21)29-17-23-18-30-23/h4-16,23H,17-18H2,1-3H3. The van der Waals surface area contributed by atoms with Gasteiger partial charge in [0.25, 0.3) is 10.0 Å². The molecule has 0 aromatic heterocycles. The van der Waals surface area contributed by atoms with Gasteiger partial charge in [-0.25, -0.2) is 12.7 Å². The van der Waals surface area contributed by atoms with Gasteiger partial charge in [0.2, 0.25) is 0 Å². The normalized spacial score (nSPS) is 16.0. The Bertz CT molecular complexity index is 1110. The topological polar surface area (TPSA) is 59.1 Å². The number of benzene rings is 3. The van der Waals surface area contributed by atoms with E-state index in [-0.39, 0.29) is 16.4 Å². The number of nitrogens with zero attached hydrogens (tertiary/aromatic N) is 1. The van der Waals surface area contributed by atoms with Crippen molar-refractivity contribution in [2.24, 2.45) is 0 Å². The quantitative estimate of drug-likeness (QED) is 0.471. The second-order valence-electron chi connectivity index (χ2n) is 8.64. The van der Waals surface area contributed by atoms with Gasteiger partial charge >= 0.3 is 0 Å². The molecule has 0 radical (unpaired) electrons. The van der Waals surface area contributed by atoms with E-state index in [9.17, 15) is 8.42 Å². The molecule has 0 N–H and O–H groups in total. The second kappa shape index (κ2) is 8.36. The highest BCUT2D eigenvalue weighted by Crippen LogP contribution is 2.34. The lowest BCUT2D eigenvalue weighted by Gasteiger charge is -2.25. The molecule has 1 fully saturated rings. The number of rotatable bonds is 7. The molecule has 1 aliphatic rings. The van der Waals surface area contributed by atoms with Gasteiger partial charge in [-0.1, -0.05) is 51.1 Å². The summed E-state index contributed by atoms with van der Waals surface area (Å²) in [6.07, 6.45) is 0.164. The molecule has 0 amide bonds. The van der Waals surface area contributed by atoms with E-state index >= 15 is 0 Å². The van der Waals surface area contributed by atoms with Gasteiger partial charge in [-0.05, 0) is 59.5 Å². The first kappa shape index (κ1) is 21.4. The smallest absolute Gasteiger partial charge is 0.268 e. The second-order valence-corrected chi connectivity index (χ2v) is 10.4. The van der Waals surface area contributed by atoms with Crippen LogP contribution in [0.2, 0.25) is 0 Å². The SMILES string of the molecule is CC(C)(C)c1ccc(S(=O)(=O)N(c2ccccc2)c2ccc(OCC3CO3)cc2)cc1. The number of para-hydroxylation sites is 1. The fourth-order valence-corrected chi connectivity index (χ4v) is 4.74. The number of hydrogen-bond donors (Lipinski definition) is 0. The average molecular weight is 438 g/mol. The molecule has 0 saturated carbocycles. The van der Waals surface area contributed by atoms with Gasteiger partial charge in [-0.15, -0.1) is 0 Å². The number of ether oxygens (including phenoxy) is 2. The highest BCUT2D eigenvalue weighted by Gasteiger charge is 2.28. The average Bonchev–Trinajstić information content (AvgIpc) is 3.58. The zero-order valence-electron chi connectivity index (χ0n) is 18.0. The maximum absolute atomic E-state index is 13.7. The zero-order chi connectivity index (χ0) is 22.1. The highest BCUT2D eigenvalue weighted by molar-refractivity contribution is 7.93. The number of hydrogen-bond acceptors (Lipinski definition) is 4. The molecule has 4 rings (SSSR count). The fourth-order valence-electron chi connectivity index (χ4n) is 3.25. The molecular formula is C25H27NO4S. The van der Waals surface area contributed by atoms with Gasteiger partial charge in [0.1, 0.15) is 18.5 Å². The van der Waals surface area contributed by atoms with Crippen LogP contribution in [0.4, 0.5) is 11.4 Å². The van der Waals surface area contributed by atoms with Crippen LogP contribution in [0.5, 0.6) is 5.75 Å². The van der Waals surface area contributed by atoms with E-state index in [1.165, 1.54) is 4.31 Å². The Labute approximate surface area is 184 Å². The first-order valence-corrected chi connectivity index (χ1v) is 11.7. The molecule has 1 unspecified atom stereocenters. The summed E-state index contributed by atoms with van der Waals surface area (Å²) in [4.78, 5) is 0.246. The van der Waals surface area contributed by atoms with Crippen molar-refractivity contribution in [1.29, 1.82) is 0 Å². The lowest BCUT2D eigenvalue weighted by Crippen LogP contribution is -2.26. The van der Waals surface area contributed by atoms with Crippen LogP contribution in [0.25, 0.3) is 0 Å². The molecule has 0 aliphatic carbocycles. The fraction of sp³-hybridized carbons (Fsp3) is 0.280. The van der Waals surface area contributed by atoms with Crippen molar-refractivity contribution in [3.8, 4) is 5.75 Å². The van der Waals surface area contributed by atoms with E-state index in [0.29, 0.717) is 23.7 Å². The summed E-state index contributed by atoms with van der Waals surface area (Å²) in [5.41, 5.74) is 2.14. The van der Waals surface area contributed by atoms with E-state index < -0.39 is 10.0 Å². The molecular weight excluding hydrogens is 410 g/mol. The van der Waals surface area contributed by atoms with Gasteiger partial charge in [0, 0.05) is 0 Å². The van der Waals surface area contributed by atoms with Crippen LogP contribution in [0.3, 0.4) is 0 Å². The van der Waals surface area contributed by atoms with Crippen molar-refractivity contribution in [2.45, 2.75) is 37.2 Å². The van der Waals surface area contributed by atoms with Crippen molar-refractivity contribution in [1.82, 2.24) is 0 Å². The monoisotopic (exact) mass is 437 g/mol. The molecule has 1 aliphatic heterocycles. The molecule has 3 aromatic rings. The van der Waals surface area contributed by atoms with Crippen LogP contribution in [-0.2, 0) is 20.2 Å². The van der Waals surface area contributed by atoms with Gasteiger partial charge in [0.05, 0.1) is 22.9 Å². The number of epoxide rings is 1. The minimum atomic E-state index is -3.83. The maximum atomic E-state index is 13.7. The summed E-state index contributed by atoms with van der Waals surface area (Å²) in [7, 11) is -3.83. The van der Waals surface area contributed by atoms with Crippen LogP contribution in [0.15, 0.2) is 83.8 Å². The van der Waals surface area contributed by atoms with Crippen LogP contribution in [-0.4, -0.2) is 27.7 Å². The Morgan fingerprint density at radius 3 is 2.03 bits per heavy atom. The lowest BCUT2D eigenvalue weighted by atomic mass is 9.87. The molecule has 162 valence electrons. The molecule has 5 nitrogen and oxygen atoms in total. The maximum Gasteiger partial charge on any atom is 0.268 e. The van der Waals surface area contributed by atoms with Gasteiger partial charge < -0.3 is 9.47 Å². The lowest BCUT2D eigenvalue weighted by molar-refractivity contribution is 0.263. The van der Waals surface area contributed by atoms with Crippen molar-refractivity contribution < 1.29 is 17.9 Å². The third kappa shape index (κ3) is 4.92. The minimum Gasteiger partial charge on any atom is -0.491 e. The van der Waals surface area contributed by atoms with E-state index in [1.807, 2.05) is 30.3 Å². The van der Waals surface area contributed by atoms with Gasteiger partial charge in [0.15, 0.2) is 0 Å². The zero-order valence-corrected chi connectivity index (χ0v) is 18.8. The molecule has 1 saturated heterocycles. The predicted molar refractivity (Wildman–Crippen MR) is 123 cm³/mol. The first-order chi connectivity index (χ1) is 14.7. The molecule has 31 heavy (non-hydrogen) atoms. The Hall–Kier alpha value is -2.83. The van der Waals surface area contributed by atoms with Gasteiger partial charge in [-0.2, -0.15) is 0 Å². The largest absolute Gasteiger partial charge is 0.491 e. The van der Waals surface area contributed by atoms with E-state index in [4.69, 9.17) is 9.47 Å². The molecule has 0 bridgehead atoms. The Morgan fingerprint density at radius 1 is 0.903 bits per heavy atom. The summed E-state index contributed by atoms with van der Waals surface area (Å²) < 4.78 is 39.6. The van der Waals surface area contributed by atoms with E-state index in [2.05, 4.69) is 20.8 Å². The number of sulfonamides is 1. The summed E-state index contributed by atoms with van der Waals surface area (Å²) in [5.74, 6) is 0.680. The Morgan fingerprint density at radius 2 is 1.48 bits per heavy atom. The molecule has 3 aromatic carbocycles. The van der Waals surface area contributed by atoms with Crippen LogP contribution in [0, 0.1) is 0 Å². The Kier molecular flexibility index (Phi) is 5.77. The van der Waals surface area contributed by atoms with Crippen molar-refractivity contribution >= 4 is 21.4 Å². The van der Waals surface area contributed by atoms with Crippen LogP contribution < -0.4 is 9.04 Å². The summed E-state index contributed by atoms with van der Waals surface area (Å²) in [6.45, 7) is 7.54. The summed E-state index contributed by atoms with van der Waals surface area (Å²) in [6, 6.07) is 23.3. The van der Waals surface area contributed by atoms with Gasteiger partial charge in [-0.3, -0.25) is 0 Å². The number of anilines is 2. The third-order valence-corrected chi connectivity index (χ3v) is 6.93. The van der Waals surface area contributed by atoms with Crippen LogP contribution in [0.1, 0.15) is 26.3 Å². The summed E-state index contributed by atoms with van der Waals surface area (Å²) in [5, 5.41) is 0. The van der Waals surface area contributed by atoms with E-state index in [1.54, 1.807) is 48.5 Å². The molecule has 0 spiro atoms. The minimum absolute atomic E-state index is 0.0528. The summed E-state index contributed by atoms with van der Waals surface area (Å²) >= 11 is 0. The Balaban J connectivity index is 1.69. The van der Waals surface area contributed by atoms with Crippen molar-refractivity contribution in [2.75, 3.05) is 17.5 Å². The van der Waals surface area contributed by atoms with E-state index in [0.717, 1.165) is 12.2 Å². The molecule has 1 atom stereocenters. The molecule has 1 heterocycles. The predicted octanol–water partition coefficient (Wildman–Crippen LogP) is 5.29.